The Kier molecular flexibility index (Phi) is 2.86. The molecule has 1 N–H and O–H groups in total. The lowest BCUT2D eigenvalue weighted by Crippen LogP contribution is -2.32. The average Bonchev–Trinajstić information content (AvgIpc) is 3.11. The molecule has 3 heteroatoms. The van der Waals surface area contributed by atoms with Crippen LogP contribution in [-0.4, -0.2) is 24.5 Å². The first-order valence-electron chi connectivity index (χ1n) is 7.01. The number of ether oxygens (including phenoxy) is 1. The monoisotopic (exact) mass is 261 g/mol. The number of rotatable bonds is 3. The van der Waals surface area contributed by atoms with E-state index in [-0.39, 0.29) is 0 Å². The van der Waals surface area contributed by atoms with Crippen LogP contribution in [0.1, 0.15) is 30.9 Å². The van der Waals surface area contributed by atoms with Crippen molar-refractivity contribution in [1.82, 2.24) is 5.32 Å². The SMILES string of the molecule is c1ccc2c(c1)SCC2NCC1CC2CCC1O2. The van der Waals surface area contributed by atoms with Gasteiger partial charge in [0.2, 0.25) is 0 Å². The van der Waals surface area contributed by atoms with Crippen molar-refractivity contribution in [3.05, 3.63) is 29.8 Å². The van der Waals surface area contributed by atoms with E-state index in [1.807, 2.05) is 11.8 Å². The molecule has 96 valence electrons. The Morgan fingerprint density at radius 1 is 1.28 bits per heavy atom. The van der Waals surface area contributed by atoms with Gasteiger partial charge in [0.1, 0.15) is 0 Å². The first-order chi connectivity index (χ1) is 8.90. The van der Waals surface area contributed by atoms with E-state index in [0.717, 1.165) is 12.5 Å². The highest BCUT2D eigenvalue weighted by Gasteiger charge is 2.40. The minimum absolute atomic E-state index is 0.547. The molecule has 0 radical (unpaired) electrons. The van der Waals surface area contributed by atoms with Gasteiger partial charge in [0.15, 0.2) is 0 Å². The third-order valence-electron chi connectivity index (χ3n) is 4.56. The van der Waals surface area contributed by atoms with Crippen molar-refractivity contribution in [2.45, 2.75) is 42.4 Å². The van der Waals surface area contributed by atoms with Gasteiger partial charge >= 0.3 is 0 Å². The van der Waals surface area contributed by atoms with Crippen LogP contribution < -0.4 is 5.32 Å². The second kappa shape index (κ2) is 4.55. The predicted octanol–water partition coefficient (Wildman–Crippen LogP) is 2.99. The number of benzene rings is 1. The highest BCUT2D eigenvalue weighted by Crippen LogP contribution is 2.40. The minimum atomic E-state index is 0.547. The highest BCUT2D eigenvalue weighted by molar-refractivity contribution is 7.99. The minimum Gasteiger partial charge on any atom is -0.375 e. The molecule has 3 heterocycles. The van der Waals surface area contributed by atoms with Crippen molar-refractivity contribution in [2.24, 2.45) is 5.92 Å². The largest absolute Gasteiger partial charge is 0.375 e. The quantitative estimate of drug-likeness (QED) is 0.904. The molecule has 18 heavy (non-hydrogen) atoms. The van der Waals surface area contributed by atoms with Crippen LogP contribution in [0.5, 0.6) is 0 Å². The molecular formula is C15H19NOS. The van der Waals surface area contributed by atoms with Gasteiger partial charge < -0.3 is 10.1 Å². The van der Waals surface area contributed by atoms with Gasteiger partial charge in [-0.25, -0.2) is 0 Å². The summed E-state index contributed by atoms with van der Waals surface area (Å²) in [6.07, 6.45) is 4.98. The smallest absolute Gasteiger partial charge is 0.0621 e. The molecule has 4 unspecified atom stereocenters. The molecule has 0 aromatic heterocycles. The highest BCUT2D eigenvalue weighted by atomic mass is 32.2. The van der Waals surface area contributed by atoms with Crippen molar-refractivity contribution in [2.75, 3.05) is 12.3 Å². The summed E-state index contributed by atoms with van der Waals surface area (Å²) in [6, 6.07) is 9.34. The van der Waals surface area contributed by atoms with Gasteiger partial charge in [-0.1, -0.05) is 18.2 Å². The zero-order valence-electron chi connectivity index (χ0n) is 10.5. The van der Waals surface area contributed by atoms with E-state index in [4.69, 9.17) is 4.74 Å². The summed E-state index contributed by atoms with van der Waals surface area (Å²) >= 11 is 1.98. The summed E-state index contributed by atoms with van der Waals surface area (Å²) in [6.45, 7) is 1.13. The van der Waals surface area contributed by atoms with Gasteiger partial charge in [-0.2, -0.15) is 0 Å². The number of fused-ring (bicyclic) bond motifs is 3. The molecule has 1 aromatic carbocycles. The molecule has 0 aliphatic carbocycles. The van der Waals surface area contributed by atoms with Crippen LogP contribution >= 0.6 is 11.8 Å². The average molecular weight is 261 g/mol. The normalized spacial score (nSPS) is 37.1. The molecule has 4 rings (SSSR count). The molecule has 0 amide bonds. The van der Waals surface area contributed by atoms with Gasteiger partial charge in [0, 0.05) is 29.2 Å². The molecule has 4 atom stereocenters. The Hall–Kier alpha value is -0.510. The molecule has 1 aromatic rings. The Morgan fingerprint density at radius 2 is 2.22 bits per heavy atom. The van der Waals surface area contributed by atoms with Gasteiger partial charge in [0.25, 0.3) is 0 Å². The van der Waals surface area contributed by atoms with Gasteiger partial charge in [-0.15, -0.1) is 11.8 Å². The lowest BCUT2D eigenvalue weighted by molar-refractivity contribution is 0.0921. The van der Waals surface area contributed by atoms with Crippen molar-refractivity contribution < 1.29 is 4.74 Å². The van der Waals surface area contributed by atoms with E-state index in [9.17, 15) is 0 Å². The first kappa shape index (κ1) is 11.3. The molecule has 2 fully saturated rings. The Bertz CT molecular complexity index is 450. The lowest BCUT2D eigenvalue weighted by Gasteiger charge is -2.21. The fraction of sp³-hybridized carbons (Fsp3) is 0.600. The summed E-state index contributed by atoms with van der Waals surface area (Å²) < 4.78 is 5.92. The summed E-state index contributed by atoms with van der Waals surface area (Å²) in [7, 11) is 0. The zero-order valence-corrected chi connectivity index (χ0v) is 11.3. The fourth-order valence-corrected chi connectivity index (χ4v) is 4.78. The Balaban J connectivity index is 1.39. The van der Waals surface area contributed by atoms with Crippen LogP contribution in [0.2, 0.25) is 0 Å². The maximum absolute atomic E-state index is 5.92. The van der Waals surface area contributed by atoms with Gasteiger partial charge in [0.05, 0.1) is 12.2 Å². The third kappa shape index (κ3) is 1.89. The second-order valence-electron chi connectivity index (χ2n) is 5.68. The molecule has 2 bridgehead atoms. The summed E-state index contributed by atoms with van der Waals surface area (Å²) in [5.41, 5.74) is 1.49. The molecule has 0 spiro atoms. The molecule has 3 aliphatic heterocycles. The van der Waals surface area contributed by atoms with Crippen molar-refractivity contribution in [3.8, 4) is 0 Å². The maximum atomic E-state index is 5.92. The molecule has 2 saturated heterocycles. The standard InChI is InChI=1S/C15H19NOS/c1-2-4-15-12(3-1)13(9-18-15)16-8-10-7-11-5-6-14(10)17-11/h1-4,10-11,13-14,16H,5-9H2. The molecule has 2 nitrogen and oxygen atoms in total. The summed E-state index contributed by atoms with van der Waals surface area (Å²) in [4.78, 5) is 1.46. The second-order valence-corrected chi connectivity index (χ2v) is 6.74. The van der Waals surface area contributed by atoms with Crippen molar-refractivity contribution in [3.63, 3.8) is 0 Å². The Labute approximate surface area is 112 Å². The van der Waals surface area contributed by atoms with Crippen LogP contribution in [-0.2, 0) is 4.74 Å². The van der Waals surface area contributed by atoms with Crippen molar-refractivity contribution >= 4 is 11.8 Å². The number of thioether (sulfide) groups is 1. The predicted molar refractivity (Wildman–Crippen MR) is 73.9 cm³/mol. The van der Waals surface area contributed by atoms with Crippen LogP contribution in [0.25, 0.3) is 0 Å². The van der Waals surface area contributed by atoms with Crippen LogP contribution in [0.4, 0.5) is 0 Å². The third-order valence-corrected chi connectivity index (χ3v) is 5.74. The molecular weight excluding hydrogens is 242 g/mol. The summed E-state index contributed by atoms with van der Waals surface area (Å²) in [5.74, 6) is 1.93. The van der Waals surface area contributed by atoms with Crippen molar-refractivity contribution in [1.29, 1.82) is 0 Å². The topological polar surface area (TPSA) is 21.3 Å². The first-order valence-corrected chi connectivity index (χ1v) is 7.99. The number of nitrogens with one attached hydrogen (secondary N) is 1. The van der Waals surface area contributed by atoms with E-state index < -0.39 is 0 Å². The van der Waals surface area contributed by atoms with E-state index in [0.29, 0.717) is 18.2 Å². The molecule has 0 saturated carbocycles. The van der Waals surface area contributed by atoms with E-state index in [2.05, 4.69) is 29.6 Å². The number of hydrogen-bond donors (Lipinski definition) is 1. The zero-order chi connectivity index (χ0) is 11.9. The summed E-state index contributed by atoms with van der Waals surface area (Å²) in [5, 5.41) is 3.76. The van der Waals surface area contributed by atoms with Crippen LogP contribution in [0.3, 0.4) is 0 Å². The van der Waals surface area contributed by atoms with Gasteiger partial charge in [-0.05, 0) is 30.9 Å². The van der Waals surface area contributed by atoms with Crippen LogP contribution in [0, 0.1) is 5.92 Å². The Morgan fingerprint density at radius 3 is 3.06 bits per heavy atom. The maximum Gasteiger partial charge on any atom is 0.0621 e. The van der Waals surface area contributed by atoms with E-state index >= 15 is 0 Å². The van der Waals surface area contributed by atoms with Crippen LogP contribution in [0.15, 0.2) is 29.2 Å². The lowest BCUT2D eigenvalue weighted by atomic mass is 9.89. The fourth-order valence-electron chi connectivity index (χ4n) is 3.58. The van der Waals surface area contributed by atoms with E-state index in [1.54, 1.807) is 0 Å². The van der Waals surface area contributed by atoms with E-state index in [1.165, 1.54) is 35.5 Å². The van der Waals surface area contributed by atoms with Gasteiger partial charge in [-0.3, -0.25) is 0 Å². The molecule has 3 aliphatic rings. The number of hydrogen-bond acceptors (Lipinski definition) is 3.